The first-order chi connectivity index (χ1) is 14.1. The van der Waals surface area contributed by atoms with Gasteiger partial charge >= 0.3 is 6.18 Å². The van der Waals surface area contributed by atoms with Gasteiger partial charge in [0.15, 0.2) is 11.3 Å². The molecule has 3 aromatic heterocycles. The van der Waals surface area contributed by atoms with Crippen LogP contribution in [0.15, 0.2) is 18.5 Å². The van der Waals surface area contributed by atoms with Crippen molar-refractivity contribution in [1.82, 2.24) is 29.3 Å². The Kier molecular flexibility index (Phi) is 4.82. The molecular formula is C20H23F3N6O. The zero-order chi connectivity index (χ0) is 21.8. The second-order valence-electron chi connectivity index (χ2n) is 7.96. The highest BCUT2D eigenvalue weighted by molar-refractivity contribution is 6.00. The molecule has 2 unspecified atom stereocenters. The summed E-state index contributed by atoms with van der Waals surface area (Å²) in [5, 5.41) is 8.07. The maximum Gasteiger partial charge on any atom is 0.433 e. The van der Waals surface area contributed by atoms with Crippen molar-refractivity contribution in [2.24, 2.45) is 7.05 Å². The van der Waals surface area contributed by atoms with E-state index in [1.807, 2.05) is 13.8 Å². The SMILES string of the molecule is Cc1nn(C)cc1-c1cc(C(F)(F)F)n2ncc(C(=O)N3C(C)CCCC3C)c2n1. The first-order valence-corrected chi connectivity index (χ1v) is 9.87. The van der Waals surface area contributed by atoms with Gasteiger partial charge in [0, 0.05) is 30.9 Å². The summed E-state index contributed by atoms with van der Waals surface area (Å²) in [6.45, 7) is 5.62. The number of halogens is 3. The van der Waals surface area contributed by atoms with Crippen LogP contribution in [-0.2, 0) is 13.2 Å². The third-order valence-electron chi connectivity index (χ3n) is 5.71. The Morgan fingerprint density at radius 2 is 1.87 bits per heavy atom. The van der Waals surface area contributed by atoms with Crippen LogP contribution in [0, 0.1) is 6.92 Å². The monoisotopic (exact) mass is 420 g/mol. The molecule has 0 N–H and O–H groups in total. The fraction of sp³-hybridized carbons (Fsp3) is 0.500. The maximum absolute atomic E-state index is 13.8. The lowest BCUT2D eigenvalue weighted by molar-refractivity contribution is -0.142. The summed E-state index contributed by atoms with van der Waals surface area (Å²) in [6, 6.07) is 0.953. The number of rotatable bonds is 2. The zero-order valence-corrected chi connectivity index (χ0v) is 17.2. The van der Waals surface area contributed by atoms with Gasteiger partial charge in [0.25, 0.3) is 5.91 Å². The highest BCUT2D eigenvalue weighted by atomic mass is 19.4. The Hall–Kier alpha value is -2.91. The average molecular weight is 420 g/mol. The maximum atomic E-state index is 13.8. The number of aromatic nitrogens is 5. The van der Waals surface area contributed by atoms with Gasteiger partial charge in [-0.1, -0.05) is 0 Å². The van der Waals surface area contributed by atoms with Crippen molar-refractivity contribution in [2.45, 2.75) is 58.3 Å². The molecule has 4 rings (SSSR count). The van der Waals surface area contributed by atoms with Crippen molar-refractivity contribution in [2.75, 3.05) is 0 Å². The molecule has 0 bridgehead atoms. The summed E-state index contributed by atoms with van der Waals surface area (Å²) in [5.41, 5.74) is 0.125. The number of piperidine rings is 1. The second-order valence-corrected chi connectivity index (χ2v) is 7.96. The van der Waals surface area contributed by atoms with E-state index < -0.39 is 11.9 Å². The summed E-state index contributed by atoms with van der Waals surface area (Å²) in [5.74, 6) is -0.342. The number of fused-ring (bicyclic) bond motifs is 1. The van der Waals surface area contributed by atoms with Gasteiger partial charge in [-0.15, -0.1) is 0 Å². The molecule has 160 valence electrons. The van der Waals surface area contributed by atoms with E-state index in [0.29, 0.717) is 15.8 Å². The lowest BCUT2D eigenvalue weighted by Crippen LogP contribution is -2.47. The number of aryl methyl sites for hydroxylation is 2. The van der Waals surface area contributed by atoms with Gasteiger partial charge in [0.2, 0.25) is 0 Å². The summed E-state index contributed by atoms with van der Waals surface area (Å²) in [6.07, 6.45) is 0.869. The van der Waals surface area contributed by atoms with E-state index >= 15 is 0 Å². The smallest absolute Gasteiger partial charge is 0.333 e. The molecule has 1 amide bonds. The molecule has 10 heteroatoms. The largest absolute Gasteiger partial charge is 0.433 e. The molecule has 2 atom stereocenters. The predicted octanol–water partition coefficient (Wildman–Crippen LogP) is 3.86. The molecule has 0 spiro atoms. The van der Waals surface area contributed by atoms with Crippen LogP contribution < -0.4 is 0 Å². The number of amides is 1. The molecule has 1 saturated heterocycles. The van der Waals surface area contributed by atoms with Crippen LogP contribution in [0.5, 0.6) is 0 Å². The van der Waals surface area contributed by atoms with Crippen LogP contribution in [-0.4, -0.2) is 47.3 Å². The van der Waals surface area contributed by atoms with Crippen LogP contribution in [0.1, 0.15) is 54.9 Å². The first kappa shape index (κ1) is 20.4. The van der Waals surface area contributed by atoms with Gasteiger partial charge in [0.1, 0.15) is 5.56 Å². The minimum atomic E-state index is -4.66. The molecule has 0 aromatic carbocycles. The molecule has 1 fully saturated rings. The highest BCUT2D eigenvalue weighted by Crippen LogP contribution is 2.34. The topological polar surface area (TPSA) is 68.3 Å². The molecule has 3 aromatic rings. The molecule has 0 radical (unpaired) electrons. The number of alkyl halides is 3. The fourth-order valence-corrected chi connectivity index (χ4v) is 4.27. The lowest BCUT2D eigenvalue weighted by Gasteiger charge is -2.38. The number of hydrogen-bond acceptors (Lipinski definition) is 4. The Balaban J connectivity index is 1.91. The van der Waals surface area contributed by atoms with E-state index in [2.05, 4.69) is 15.2 Å². The predicted molar refractivity (Wildman–Crippen MR) is 104 cm³/mol. The Labute approximate surface area is 171 Å². The minimum absolute atomic E-state index is 0.00189. The summed E-state index contributed by atoms with van der Waals surface area (Å²) < 4.78 is 43.6. The minimum Gasteiger partial charge on any atom is -0.333 e. The summed E-state index contributed by atoms with van der Waals surface area (Å²) >= 11 is 0. The molecule has 4 heterocycles. The van der Waals surface area contributed by atoms with Crippen molar-refractivity contribution < 1.29 is 18.0 Å². The molecular weight excluding hydrogens is 397 g/mol. The van der Waals surface area contributed by atoms with Crippen LogP contribution >= 0.6 is 0 Å². The van der Waals surface area contributed by atoms with E-state index in [4.69, 9.17) is 0 Å². The third-order valence-corrected chi connectivity index (χ3v) is 5.71. The van der Waals surface area contributed by atoms with Crippen LogP contribution in [0.2, 0.25) is 0 Å². The molecule has 7 nitrogen and oxygen atoms in total. The quantitative estimate of drug-likeness (QED) is 0.631. The number of nitrogens with zero attached hydrogens (tertiary/aromatic N) is 6. The third kappa shape index (κ3) is 3.33. The molecule has 1 aliphatic heterocycles. The first-order valence-electron chi connectivity index (χ1n) is 9.87. The standard InChI is InChI=1S/C20H23F3N6O/c1-11-6-5-7-12(2)28(11)19(30)14-9-24-29-17(20(21,22)23)8-16(25-18(14)29)15-10-27(4)26-13(15)3/h8-12H,5-7H2,1-4H3. The highest BCUT2D eigenvalue weighted by Gasteiger charge is 2.37. The van der Waals surface area contributed by atoms with Crippen LogP contribution in [0.4, 0.5) is 13.2 Å². The number of likely N-dealkylation sites (tertiary alicyclic amines) is 1. The van der Waals surface area contributed by atoms with Crippen LogP contribution in [0.25, 0.3) is 16.9 Å². The van der Waals surface area contributed by atoms with Gasteiger partial charge in [-0.05, 0) is 46.1 Å². The van der Waals surface area contributed by atoms with Gasteiger partial charge in [0.05, 0.1) is 17.6 Å². The second kappa shape index (κ2) is 7.10. The van der Waals surface area contributed by atoms with Crippen molar-refractivity contribution in [3.63, 3.8) is 0 Å². The summed E-state index contributed by atoms with van der Waals surface area (Å²) in [7, 11) is 1.69. The van der Waals surface area contributed by atoms with Crippen molar-refractivity contribution >= 4 is 11.6 Å². The van der Waals surface area contributed by atoms with Crippen LogP contribution in [0.3, 0.4) is 0 Å². The van der Waals surface area contributed by atoms with Gasteiger partial charge in [-0.25, -0.2) is 9.50 Å². The van der Waals surface area contributed by atoms with E-state index in [1.165, 1.54) is 10.9 Å². The van der Waals surface area contributed by atoms with E-state index in [9.17, 15) is 18.0 Å². The average Bonchev–Trinajstić information content (AvgIpc) is 3.22. The van der Waals surface area contributed by atoms with E-state index in [-0.39, 0.29) is 34.9 Å². The van der Waals surface area contributed by atoms with E-state index in [0.717, 1.165) is 25.3 Å². The number of carbonyl (C=O) groups is 1. The number of hydrogen-bond donors (Lipinski definition) is 0. The Morgan fingerprint density at radius 1 is 1.20 bits per heavy atom. The molecule has 0 saturated carbocycles. The molecule has 30 heavy (non-hydrogen) atoms. The van der Waals surface area contributed by atoms with Crippen molar-refractivity contribution in [1.29, 1.82) is 0 Å². The Morgan fingerprint density at radius 3 is 2.43 bits per heavy atom. The van der Waals surface area contributed by atoms with Gasteiger partial charge in [-0.2, -0.15) is 23.4 Å². The lowest BCUT2D eigenvalue weighted by atomic mass is 9.97. The normalized spacial score (nSPS) is 20.2. The summed E-state index contributed by atoms with van der Waals surface area (Å²) in [4.78, 5) is 19.5. The van der Waals surface area contributed by atoms with Crippen molar-refractivity contribution in [3.8, 4) is 11.3 Å². The molecule has 1 aliphatic rings. The molecule has 0 aliphatic carbocycles. The zero-order valence-electron chi connectivity index (χ0n) is 17.2. The van der Waals surface area contributed by atoms with Gasteiger partial charge < -0.3 is 4.90 Å². The fourth-order valence-electron chi connectivity index (χ4n) is 4.27. The van der Waals surface area contributed by atoms with E-state index in [1.54, 1.807) is 25.1 Å². The Bertz CT molecular complexity index is 1110. The number of carbonyl (C=O) groups excluding carboxylic acids is 1. The van der Waals surface area contributed by atoms with Crippen molar-refractivity contribution in [3.05, 3.63) is 35.4 Å². The van der Waals surface area contributed by atoms with Gasteiger partial charge in [-0.3, -0.25) is 9.48 Å².